The fourth-order valence-electron chi connectivity index (χ4n) is 4.77. The molecule has 2 aromatic rings. The van der Waals surface area contributed by atoms with Gasteiger partial charge in [-0.25, -0.2) is 0 Å². The molecule has 0 unspecified atom stereocenters. The van der Waals surface area contributed by atoms with Gasteiger partial charge in [0.2, 0.25) is 0 Å². The molecular weight excluding hydrogens is 450 g/mol. The van der Waals surface area contributed by atoms with E-state index in [9.17, 15) is 9.59 Å². The number of carbonyl (C=O) groups excluding carboxylic acids is 2. The molecule has 1 heterocycles. The van der Waals surface area contributed by atoms with Crippen LogP contribution in [0.5, 0.6) is 5.75 Å². The lowest BCUT2D eigenvalue weighted by Crippen LogP contribution is -2.39. The zero-order valence-corrected chi connectivity index (χ0v) is 20.2. The van der Waals surface area contributed by atoms with Gasteiger partial charge >= 0.3 is 0 Å². The number of carbonyl (C=O) groups is 2. The zero-order valence-electron chi connectivity index (χ0n) is 19.4. The lowest BCUT2D eigenvalue weighted by atomic mass is 9.92. The minimum Gasteiger partial charge on any atom is -0.490 e. The summed E-state index contributed by atoms with van der Waals surface area (Å²) in [4.78, 5) is 26.0. The smallest absolute Gasteiger partial charge is 0.251 e. The molecular formula is C27H30ClN3O3. The number of anilines is 1. The normalized spacial score (nSPS) is 20.9. The highest BCUT2D eigenvalue weighted by Gasteiger charge is 2.25. The van der Waals surface area contributed by atoms with Gasteiger partial charge in [-0.2, -0.15) is 5.26 Å². The van der Waals surface area contributed by atoms with Crippen LogP contribution in [0, 0.1) is 24.2 Å². The van der Waals surface area contributed by atoms with Crippen LogP contribution in [0.1, 0.15) is 60.0 Å². The Morgan fingerprint density at radius 3 is 2.38 bits per heavy atom. The van der Waals surface area contributed by atoms with Crippen molar-refractivity contribution in [2.24, 2.45) is 5.92 Å². The van der Waals surface area contributed by atoms with Crippen LogP contribution >= 0.6 is 11.6 Å². The van der Waals surface area contributed by atoms with Gasteiger partial charge in [0.05, 0.1) is 16.7 Å². The molecule has 0 radical (unpaired) electrons. The van der Waals surface area contributed by atoms with Crippen molar-refractivity contribution in [1.82, 2.24) is 5.32 Å². The number of piperidine rings is 1. The van der Waals surface area contributed by atoms with Gasteiger partial charge in [-0.05, 0) is 81.8 Å². The summed E-state index contributed by atoms with van der Waals surface area (Å²) in [5.41, 5.74) is 2.99. The summed E-state index contributed by atoms with van der Waals surface area (Å²) >= 11 is 6.26. The topological polar surface area (TPSA) is 82.4 Å². The first-order chi connectivity index (χ1) is 16.5. The van der Waals surface area contributed by atoms with Crippen molar-refractivity contribution < 1.29 is 14.3 Å². The second kappa shape index (κ2) is 10.9. The molecule has 0 aromatic heterocycles. The van der Waals surface area contributed by atoms with E-state index in [0.717, 1.165) is 69.2 Å². The predicted molar refractivity (Wildman–Crippen MR) is 132 cm³/mol. The molecule has 0 bridgehead atoms. The summed E-state index contributed by atoms with van der Waals surface area (Å²) in [6.07, 6.45) is 6.29. The number of rotatable bonds is 6. The summed E-state index contributed by atoms with van der Waals surface area (Å²) in [7, 11) is 0. The number of halogens is 1. The summed E-state index contributed by atoms with van der Waals surface area (Å²) < 4.78 is 6.16. The van der Waals surface area contributed by atoms with Crippen LogP contribution in [-0.2, 0) is 4.79 Å². The summed E-state index contributed by atoms with van der Waals surface area (Å²) in [6, 6.07) is 13.4. The summed E-state index contributed by atoms with van der Waals surface area (Å²) in [6.45, 7) is 3.60. The number of aldehydes is 1. The number of hydrogen-bond acceptors (Lipinski definition) is 5. The molecule has 1 aliphatic heterocycles. The van der Waals surface area contributed by atoms with Crippen molar-refractivity contribution in [3.05, 3.63) is 58.1 Å². The molecule has 7 heteroatoms. The van der Waals surface area contributed by atoms with Gasteiger partial charge < -0.3 is 19.7 Å². The third-order valence-corrected chi connectivity index (χ3v) is 7.47. The quantitative estimate of drug-likeness (QED) is 0.586. The number of ether oxygens (including phenoxy) is 1. The van der Waals surface area contributed by atoms with Crippen molar-refractivity contribution in [2.45, 2.75) is 57.6 Å². The van der Waals surface area contributed by atoms with Gasteiger partial charge in [0, 0.05) is 41.9 Å². The van der Waals surface area contributed by atoms with Crippen molar-refractivity contribution in [3.63, 3.8) is 0 Å². The molecule has 4 rings (SSSR count). The van der Waals surface area contributed by atoms with Gasteiger partial charge in [-0.15, -0.1) is 0 Å². The van der Waals surface area contributed by atoms with Gasteiger partial charge in [0.25, 0.3) is 5.91 Å². The maximum Gasteiger partial charge on any atom is 0.251 e. The minimum atomic E-state index is -0.0506. The molecule has 178 valence electrons. The maximum absolute atomic E-state index is 12.8. The fraction of sp³-hybridized carbons (Fsp3) is 0.444. The molecule has 1 aliphatic carbocycles. The van der Waals surface area contributed by atoms with Gasteiger partial charge in [-0.1, -0.05) is 11.6 Å². The monoisotopic (exact) mass is 479 g/mol. The van der Waals surface area contributed by atoms with Crippen LogP contribution in [0.15, 0.2) is 36.4 Å². The molecule has 34 heavy (non-hydrogen) atoms. The average Bonchev–Trinajstić information content (AvgIpc) is 2.88. The first-order valence-electron chi connectivity index (χ1n) is 12.0. The van der Waals surface area contributed by atoms with Gasteiger partial charge in [0.1, 0.15) is 18.1 Å². The van der Waals surface area contributed by atoms with Crippen molar-refractivity contribution >= 4 is 29.5 Å². The van der Waals surface area contributed by atoms with Crippen molar-refractivity contribution in [3.8, 4) is 11.8 Å². The van der Waals surface area contributed by atoms with Gasteiger partial charge in [0.15, 0.2) is 0 Å². The van der Waals surface area contributed by atoms with Crippen LogP contribution in [0.3, 0.4) is 0 Å². The highest BCUT2D eigenvalue weighted by atomic mass is 35.5. The highest BCUT2D eigenvalue weighted by Crippen LogP contribution is 2.32. The third kappa shape index (κ3) is 5.53. The van der Waals surface area contributed by atoms with E-state index in [4.69, 9.17) is 21.6 Å². The summed E-state index contributed by atoms with van der Waals surface area (Å²) in [5, 5.41) is 12.7. The molecule has 1 amide bonds. The molecule has 2 aliphatic rings. The number of nitriles is 1. The number of nitrogens with one attached hydrogen (secondary N) is 1. The van der Waals surface area contributed by atoms with E-state index in [0.29, 0.717) is 21.9 Å². The second-order valence-corrected chi connectivity index (χ2v) is 9.61. The Balaban J connectivity index is 1.26. The largest absolute Gasteiger partial charge is 0.490 e. The molecule has 0 spiro atoms. The van der Waals surface area contributed by atoms with Crippen LogP contribution in [0.25, 0.3) is 0 Å². The Morgan fingerprint density at radius 1 is 1.09 bits per heavy atom. The van der Waals surface area contributed by atoms with E-state index >= 15 is 0 Å². The lowest BCUT2D eigenvalue weighted by molar-refractivity contribution is -0.111. The Kier molecular flexibility index (Phi) is 7.74. The Hall–Kier alpha value is -3.04. The first kappa shape index (κ1) is 24.1. The Morgan fingerprint density at radius 2 is 1.76 bits per heavy atom. The lowest BCUT2D eigenvalue weighted by Gasteiger charge is -2.31. The van der Waals surface area contributed by atoms with Crippen LogP contribution in [0.4, 0.5) is 5.69 Å². The molecule has 2 aromatic carbocycles. The molecule has 1 N–H and O–H groups in total. The van der Waals surface area contributed by atoms with E-state index in [-0.39, 0.29) is 24.0 Å². The maximum atomic E-state index is 12.8. The zero-order chi connectivity index (χ0) is 24.1. The van der Waals surface area contributed by atoms with E-state index in [1.54, 1.807) is 6.07 Å². The molecule has 1 saturated heterocycles. The highest BCUT2D eigenvalue weighted by molar-refractivity contribution is 6.32. The number of amides is 1. The molecule has 0 atom stereocenters. The summed E-state index contributed by atoms with van der Waals surface area (Å²) in [5.74, 6) is 0.838. The predicted octanol–water partition coefficient (Wildman–Crippen LogP) is 5.06. The first-order valence-corrected chi connectivity index (χ1v) is 12.3. The Labute approximate surface area is 205 Å². The van der Waals surface area contributed by atoms with E-state index in [1.807, 2.05) is 37.3 Å². The Bertz CT molecular complexity index is 1060. The average molecular weight is 480 g/mol. The van der Waals surface area contributed by atoms with Crippen LogP contribution < -0.4 is 15.0 Å². The SMILES string of the molecule is Cc1c(OC2CCC(NC(=O)c3ccc(N4CCC(C=O)CC4)cc3)CC2)ccc(C#N)c1Cl. The number of hydrogen-bond donors (Lipinski definition) is 1. The standard InChI is InChI=1S/C27H30ClN3O3/c1-18-25(11-4-21(16-29)26(18)28)34-24-9-5-22(6-10-24)30-27(33)20-2-7-23(8-3-20)31-14-12-19(17-32)13-15-31/h2-4,7-8,11,17,19,22,24H,5-6,9-10,12-15H2,1H3,(H,30,33). The van der Waals surface area contributed by atoms with Crippen LogP contribution in [-0.4, -0.2) is 37.4 Å². The van der Waals surface area contributed by atoms with E-state index < -0.39 is 0 Å². The van der Waals surface area contributed by atoms with E-state index in [2.05, 4.69) is 16.3 Å². The number of benzene rings is 2. The second-order valence-electron chi connectivity index (χ2n) is 9.23. The molecule has 6 nitrogen and oxygen atoms in total. The van der Waals surface area contributed by atoms with Gasteiger partial charge in [-0.3, -0.25) is 4.79 Å². The molecule has 1 saturated carbocycles. The van der Waals surface area contributed by atoms with Crippen molar-refractivity contribution in [1.29, 1.82) is 5.26 Å². The van der Waals surface area contributed by atoms with E-state index in [1.165, 1.54) is 0 Å². The molecule has 2 fully saturated rings. The van der Waals surface area contributed by atoms with Crippen molar-refractivity contribution in [2.75, 3.05) is 18.0 Å². The van der Waals surface area contributed by atoms with Crippen LogP contribution in [0.2, 0.25) is 5.02 Å². The third-order valence-electron chi connectivity index (χ3n) is 6.99. The fourth-order valence-corrected chi connectivity index (χ4v) is 4.97. The number of nitrogens with zero attached hydrogens (tertiary/aromatic N) is 2. The minimum absolute atomic E-state index is 0.0506.